The second kappa shape index (κ2) is 4.46. The molecule has 0 amide bonds. The van der Waals surface area contributed by atoms with Gasteiger partial charge >= 0.3 is 0 Å². The molecular weight excluding hydrogens is 242 g/mol. The molecule has 0 radical (unpaired) electrons. The van der Waals surface area contributed by atoms with Gasteiger partial charge in [-0.3, -0.25) is 4.79 Å². The van der Waals surface area contributed by atoms with Crippen LogP contribution in [0.4, 0.5) is 5.82 Å². The zero-order valence-electron chi connectivity index (χ0n) is 10.9. The van der Waals surface area contributed by atoms with Gasteiger partial charge in [0.05, 0.1) is 5.92 Å². The Labute approximate surface area is 110 Å². The van der Waals surface area contributed by atoms with Crippen LogP contribution in [0.3, 0.4) is 0 Å². The first kappa shape index (κ1) is 11.8. The number of hydrogen-bond acceptors (Lipinski definition) is 5. The molecule has 0 aliphatic carbocycles. The standard InChI is InChI=1S/C13H15N5O/c1-8-3-11(15-7-14-8)18-5-10(6-18)13-16-9(2)4-12(19)17-13/h3-4,7,10H,5-6H2,1-2H3,(H,16,17,19). The van der Waals surface area contributed by atoms with Gasteiger partial charge in [0, 0.05) is 36.6 Å². The lowest BCUT2D eigenvalue weighted by Gasteiger charge is -2.39. The molecular formula is C13H15N5O. The molecule has 6 nitrogen and oxygen atoms in total. The van der Waals surface area contributed by atoms with E-state index in [1.54, 1.807) is 6.33 Å². The summed E-state index contributed by atoms with van der Waals surface area (Å²) in [7, 11) is 0. The van der Waals surface area contributed by atoms with Crippen molar-refractivity contribution in [3.05, 3.63) is 46.0 Å². The Balaban J connectivity index is 1.74. The van der Waals surface area contributed by atoms with Gasteiger partial charge < -0.3 is 9.88 Å². The molecule has 3 rings (SSSR count). The van der Waals surface area contributed by atoms with Crippen molar-refractivity contribution in [1.29, 1.82) is 0 Å². The Morgan fingerprint density at radius 1 is 1.21 bits per heavy atom. The third kappa shape index (κ3) is 2.33. The first-order chi connectivity index (χ1) is 9.11. The first-order valence-corrected chi connectivity index (χ1v) is 6.23. The molecule has 1 saturated heterocycles. The largest absolute Gasteiger partial charge is 0.355 e. The zero-order valence-corrected chi connectivity index (χ0v) is 10.9. The molecule has 2 aromatic rings. The summed E-state index contributed by atoms with van der Waals surface area (Å²) in [6.07, 6.45) is 1.57. The number of nitrogens with one attached hydrogen (secondary N) is 1. The molecule has 0 spiro atoms. The van der Waals surface area contributed by atoms with Crippen LogP contribution in [0.25, 0.3) is 0 Å². The van der Waals surface area contributed by atoms with Gasteiger partial charge in [-0.25, -0.2) is 15.0 Å². The fourth-order valence-electron chi connectivity index (χ4n) is 2.25. The maximum Gasteiger partial charge on any atom is 0.251 e. The van der Waals surface area contributed by atoms with E-state index in [9.17, 15) is 4.79 Å². The van der Waals surface area contributed by atoms with Gasteiger partial charge in [0.2, 0.25) is 0 Å². The van der Waals surface area contributed by atoms with Crippen LogP contribution in [0.1, 0.15) is 23.1 Å². The van der Waals surface area contributed by atoms with Gasteiger partial charge in [0.15, 0.2) is 0 Å². The predicted octanol–water partition coefficient (Wildman–Crippen LogP) is 0.781. The third-order valence-electron chi connectivity index (χ3n) is 3.27. The SMILES string of the molecule is Cc1cc(N2CC(c3nc(C)cc(=O)[nH]3)C2)ncn1. The van der Waals surface area contributed by atoms with E-state index in [-0.39, 0.29) is 11.5 Å². The lowest BCUT2D eigenvalue weighted by Crippen LogP contribution is -2.46. The van der Waals surface area contributed by atoms with Crippen molar-refractivity contribution in [1.82, 2.24) is 19.9 Å². The highest BCUT2D eigenvalue weighted by Gasteiger charge is 2.31. The fraction of sp³-hybridized carbons (Fsp3) is 0.385. The van der Waals surface area contributed by atoms with Gasteiger partial charge in [0.1, 0.15) is 18.0 Å². The van der Waals surface area contributed by atoms with Crippen molar-refractivity contribution in [2.45, 2.75) is 19.8 Å². The van der Waals surface area contributed by atoms with Gasteiger partial charge in [-0.2, -0.15) is 0 Å². The van der Waals surface area contributed by atoms with Crippen molar-refractivity contribution in [3.63, 3.8) is 0 Å². The molecule has 0 atom stereocenters. The Hall–Kier alpha value is -2.24. The van der Waals surface area contributed by atoms with Crippen molar-refractivity contribution < 1.29 is 0 Å². The lowest BCUT2D eigenvalue weighted by atomic mass is 9.99. The topological polar surface area (TPSA) is 74.8 Å². The van der Waals surface area contributed by atoms with Gasteiger partial charge in [-0.05, 0) is 13.8 Å². The van der Waals surface area contributed by atoms with E-state index in [4.69, 9.17) is 0 Å². The van der Waals surface area contributed by atoms with Crippen LogP contribution in [0, 0.1) is 13.8 Å². The molecule has 98 valence electrons. The van der Waals surface area contributed by atoms with E-state index in [2.05, 4.69) is 24.8 Å². The van der Waals surface area contributed by atoms with E-state index in [0.29, 0.717) is 0 Å². The highest BCUT2D eigenvalue weighted by Crippen LogP contribution is 2.28. The average Bonchev–Trinajstić information content (AvgIpc) is 2.25. The van der Waals surface area contributed by atoms with E-state index in [1.807, 2.05) is 19.9 Å². The molecule has 0 unspecified atom stereocenters. The first-order valence-electron chi connectivity index (χ1n) is 6.23. The number of aryl methyl sites for hydroxylation is 2. The molecule has 19 heavy (non-hydrogen) atoms. The molecule has 6 heteroatoms. The summed E-state index contributed by atoms with van der Waals surface area (Å²) in [5.41, 5.74) is 1.63. The summed E-state index contributed by atoms with van der Waals surface area (Å²) < 4.78 is 0. The monoisotopic (exact) mass is 257 g/mol. The molecule has 0 aromatic carbocycles. The summed E-state index contributed by atoms with van der Waals surface area (Å²) >= 11 is 0. The van der Waals surface area contributed by atoms with Crippen molar-refractivity contribution in [2.24, 2.45) is 0 Å². The van der Waals surface area contributed by atoms with Gasteiger partial charge in [-0.15, -0.1) is 0 Å². The highest BCUT2D eigenvalue weighted by atomic mass is 16.1. The van der Waals surface area contributed by atoms with Crippen LogP contribution in [0.15, 0.2) is 23.3 Å². The number of nitrogens with zero attached hydrogens (tertiary/aromatic N) is 4. The van der Waals surface area contributed by atoms with Crippen LogP contribution in [0.5, 0.6) is 0 Å². The van der Waals surface area contributed by atoms with Crippen molar-refractivity contribution in [2.75, 3.05) is 18.0 Å². The fourth-order valence-corrected chi connectivity index (χ4v) is 2.25. The Kier molecular flexibility index (Phi) is 2.77. The summed E-state index contributed by atoms with van der Waals surface area (Å²) in [5.74, 6) is 1.97. The summed E-state index contributed by atoms with van der Waals surface area (Å²) in [6.45, 7) is 5.43. The summed E-state index contributed by atoms with van der Waals surface area (Å²) in [4.78, 5) is 29.1. The van der Waals surface area contributed by atoms with Crippen molar-refractivity contribution >= 4 is 5.82 Å². The number of rotatable bonds is 2. The number of hydrogen-bond donors (Lipinski definition) is 1. The molecule has 0 bridgehead atoms. The van der Waals surface area contributed by atoms with E-state index < -0.39 is 0 Å². The highest BCUT2D eigenvalue weighted by molar-refractivity contribution is 5.43. The summed E-state index contributed by atoms with van der Waals surface area (Å²) in [6, 6.07) is 3.47. The van der Waals surface area contributed by atoms with E-state index in [0.717, 1.165) is 36.1 Å². The predicted molar refractivity (Wildman–Crippen MR) is 71.3 cm³/mol. The maximum atomic E-state index is 11.4. The molecule has 1 fully saturated rings. The van der Waals surface area contributed by atoms with Crippen LogP contribution in [-0.2, 0) is 0 Å². The van der Waals surface area contributed by atoms with Crippen LogP contribution < -0.4 is 10.5 Å². The van der Waals surface area contributed by atoms with Crippen molar-refractivity contribution in [3.8, 4) is 0 Å². The van der Waals surface area contributed by atoms with E-state index in [1.165, 1.54) is 6.07 Å². The quantitative estimate of drug-likeness (QED) is 0.860. The molecule has 1 aliphatic heterocycles. The third-order valence-corrected chi connectivity index (χ3v) is 3.27. The molecule has 0 saturated carbocycles. The Morgan fingerprint density at radius 3 is 2.68 bits per heavy atom. The summed E-state index contributed by atoms with van der Waals surface area (Å²) in [5, 5.41) is 0. The lowest BCUT2D eigenvalue weighted by molar-refractivity contribution is 0.493. The maximum absolute atomic E-state index is 11.4. The minimum absolute atomic E-state index is 0.0844. The average molecular weight is 257 g/mol. The molecule has 1 aliphatic rings. The van der Waals surface area contributed by atoms with Crippen LogP contribution in [-0.4, -0.2) is 33.0 Å². The Morgan fingerprint density at radius 2 is 2.00 bits per heavy atom. The molecule has 3 heterocycles. The minimum atomic E-state index is -0.0844. The second-order valence-corrected chi connectivity index (χ2v) is 4.89. The zero-order chi connectivity index (χ0) is 13.4. The number of aromatic amines is 1. The smallest absolute Gasteiger partial charge is 0.251 e. The van der Waals surface area contributed by atoms with Gasteiger partial charge in [-0.1, -0.05) is 0 Å². The molecule has 1 N–H and O–H groups in total. The Bertz CT molecular complexity index is 660. The number of H-pyrrole nitrogens is 1. The van der Waals surface area contributed by atoms with Crippen LogP contribution >= 0.6 is 0 Å². The minimum Gasteiger partial charge on any atom is -0.355 e. The second-order valence-electron chi connectivity index (χ2n) is 4.89. The molecule has 2 aromatic heterocycles. The number of anilines is 1. The van der Waals surface area contributed by atoms with Gasteiger partial charge in [0.25, 0.3) is 5.56 Å². The normalized spacial score (nSPS) is 15.4. The van der Waals surface area contributed by atoms with E-state index >= 15 is 0 Å². The number of aromatic nitrogens is 4. The van der Waals surface area contributed by atoms with Crippen LogP contribution in [0.2, 0.25) is 0 Å².